The van der Waals surface area contributed by atoms with Gasteiger partial charge in [0.1, 0.15) is 5.78 Å². The highest BCUT2D eigenvalue weighted by molar-refractivity contribution is 5.82. The summed E-state index contributed by atoms with van der Waals surface area (Å²) in [4.78, 5) is 11.2. The number of ketones is 1. The standard InChI is InChI=1S/C9H16O2/c1-8(11)9(7-10)5-3-2-4-6-9/h10H,2-7H2,1H3. The molecule has 64 valence electrons. The maximum Gasteiger partial charge on any atom is 0.138 e. The summed E-state index contributed by atoms with van der Waals surface area (Å²) in [6, 6.07) is 0. The van der Waals surface area contributed by atoms with Gasteiger partial charge in [0.05, 0.1) is 12.0 Å². The molecular formula is C9H16O2. The lowest BCUT2D eigenvalue weighted by Crippen LogP contribution is -2.35. The minimum absolute atomic E-state index is 0.0440. The normalized spacial score (nSPS) is 23.1. The number of hydrogen-bond donors (Lipinski definition) is 1. The molecule has 1 fully saturated rings. The Balaban J connectivity index is 2.64. The van der Waals surface area contributed by atoms with E-state index in [1.54, 1.807) is 6.92 Å². The van der Waals surface area contributed by atoms with Crippen molar-refractivity contribution in [2.24, 2.45) is 5.41 Å². The van der Waals surface area contributed by atoms with Crippen LogP contribution in [0.25, 0.3) is 0 Å². The van der Waals surface area contributed by atoms with Crippen LogP contribution in [0, 0.1) is 5.41 Å². The zero-order valence-electron chi connectivity index (χ0n) is 7.10. The molecule has 0 aromatic rings. The van der Waals surface area contributed by atoms with Gasteiger partial charge >= 0.3 is 0 Å². The van der Waals surface area contributed by atoms with Gasteiger partial charge in [-0.25, -0.2) is 0 Å². The highest BCUT2D eigenvalue weighted by Gasteiger charge is 2.35. The van der Waals surface area contributed by atoms with Crippen molar-refractivity contribution in [3.63, 3.8) is 0 Å². The zero-order chi connectivity index (χ0) is 8.32. The first-order valence-electron chi connectivity index (χ1n) is 4.33. The van der Waals surface area contributed by atoms with E-state index in [1.165, 1.54) is 6.42 Å². The number of aliphatic hydroxyl groups is 1. The zero-order valence-corrected chi connectivity index (χ0v) is 7.10. The number of Topliss-reactive ketones (excluding diaryl/α,β-unsaturated/α-hetero) is 1. The molecule has 0 amide bonds. The molecule has 0 bridgehead atoms. The highest BCUT2D eigenvalue weighted by Crippen LogP contribution is 2.36. The van der Waals surface area contributed by atoms with E-state index >= 15 is 0 Å². The number of rotatable bonds is 2. The Morgan fingerprint density at radius 2 is 1.91 bits per heavy atom. The predicted octanol–water partition coefficient (Wildman–Crippen LogP) is 1.52. The Bertz CT molecular complexity index is 146. The molecule has 1 saturated carbocycles. The average molecular weight is 156 g/mol. The Hall–Kier alpha value is -0.370. The average Bonchev–Trinajstić information content (AvgIpc) is 2.05. The summed E-state index contributed by atoms with van der Waals surface area (Å²) in [6.07, 6.45) is 5.19. The van der Waals surface area contributed by atoms with Crippen molar-refractivity contribution in [3.8, 4) is 0 Å². The number of carbonyl (C=O) groups is 1. The van der Waals surface area contributed by atoms with Crippen molar-refractivity contribution in [3.05, 3.63) is 0 Å². The van der Waals surface area contributed by atoms with Gasteiger partial charge in [0.15, 0.2) is 0 Å². The maximum absolute atomic E-state index is 11.2. The molecule has 0 atom stereocenters. The third kappa shape index (κ3) is 1.62. The molecule has 0 aromatic heterocycles. The smallest absolute Gasteiger partial charge is 0.138 e. The fourth-order valence-corrected chi connectivity index (χ4v) is 1.85. The summed E-state index contributed by atoms with van der Waals surface area (Å²) in [6.45, 7) is 1.64. The van der Waals surface area contributed by atoms with Gasteiger partial charge in [-0.15, -0.1) is 0 Å². The molecule has 0 saturated heterocycles. The van der Waals surface area contributed by atoms with E-state index in [2.05, 4.69) is 0 Å². The van der Waals surface area contributed by atoms with Crippen molar-refractivity contribution >= 4 is 5.78 Å². The van der Waals surface area contributed by atoms with Crippen LogP contribution in [0.3, 0.4) is 0 Å². The molecule has 0 unspecified atom stereocenters. The summed E-state index contributed by atoms with van der Waals surface area (Å²) < 4.78 is 0. The highest BCUT2D eigenvalue weighted by atomic mass is 16.3. The van der Waals surface area contributed by atoms with Crippen molar-refractivity contribution in [1.82, 2.24) is 0 Å². The Morgan fingerprint density at radius 3 is 2.18 bits per heavy atom. The maximum atomic E-state index is 11.2. The Labute approximate surface area is 67.6 Å². The van der Waals surface area contributed by atoms with Crippen molar-refractivity contribution < 1.29 is 9.90 Å². The first kappa shape index (κ1) is 8.72. The monoisotopic (exact) mass is 156 g/mol. The van der Waals surface area contributed by atoms with E-state index in [4.69, 9.17) is 5.11 Å². The SMILES string of the molecule is CC(=O)C1(CO)CCCCC1. The largest absolute Gasteiger partial charge is 0.395 e. The van der Waals surface area contributed by atoms with Gasteiger partial charge in [-0.1, -0.05) is 19.3 Å². The topological polar surface area (TPSA) is 37.3 Å². The summed E-state index contributed by atoms with van der Waals surface area (Å²) in [5.74, 6) is 0.166. The van der Waals surface area contributed by atoms with Crippen LogP contribution in [0.5, 0.6) is 0 Å². The number of carbonyl (C=O) groups excluding carboxylic acids is 1. The molecule has 0 aromatic carbocycles. The molecule has 2 nitrogen and oxygen atoms in total. The van der Waals surface area contributed by atoms with Crippen LogP contribution in [0.4, 0.5) is 0 Å². The molecule has 0 radical (unpaired) electrons. The third-order valence-electron chi connectivity index (χ3n) is 2.86. The van der Waals surface area contributed by atoms with Gasteiger partial charge in [0, 0.05) is 0 Å². The molecule has 1 aliphatic rings. The summed E-state index contributed by atoms with van der Waals surface area (Å²) in [5, 5.41) is 9.09. The fourth-order valence-electron chi connectivity index (χ4n) is 1.85. The quantitative estimate of drug-likeness (QED) is 0.658. The lowest BCUT2D eigenvalue weighted by molar-refractivity contribution is -0.131. The van der Waals surface area contributed by atoms with E-state index in [1.807, 2.05) is 0 Å². The molecule has 0 aliphatic heterocycles. The van der Waals surface area contributed by atoms with Crippen LogP contribution in [0.2, 0.25) is 0 Å². The number of hydrogen-bond acceptors (Lipinski definition) is 2. The van der Waals surface area contributed by atoms with Gasteiger partial charge < -0.3 is 5.11 Å². The fraction of sp³-hybridized carbons (Fsp3) is 0.889. The molecule has 2 heteroatoms. The predicted molar refractivity (Wildman–Crippen MR) is 43.3 cm³/mol. The Kier molecular flexibility index (Phi) is 2.66. The van der Waals surface area contributed by atoms with E-state index in [9.17, 15) is 4.79 Å². The first-order chi connectivity index (χ1) is 5.21. The second-order valence-electron chi connectivity index (χ2n) is 3.56. The van der Waals surface area contributed by atoms with Crippen LogP contribution >= 0.6 is 0 Å². The van der Waals surface area contributed by atoms with Gasteiger partial charge in [0.25, 0.3) is 0 Å². The molecule has 11 heavy (non-hydrogen) atoms. The lowest BCUT2D eigenvalue weighted by Gasteiger charge is -2.32. The van der Waals surface area contributed by atoms with Gasteiger partial charge in [-0.3, -0.25) is 4.79 Å². The molecule has 1 N–H and O–H groups in total. The van der Waals surface area contributed by atoms with Crippen molar-refractivity contribution in [2.75, 3.05) is 6.61 Å². The lowest BCUT2D eigenvalue weighted by atomic mass is 9.72. The van der Waals surface area contributed by atoms with E-state index in [0.29, 0.717) is 0 Å². The van der Waals surface area contributed by atoms with Gasteiger partial charge in [-0.05, 0) is 19.8 Å². The molecular weight excluding hydrogens is 140 g/mol. The minimum atomic E-state index is -0.363. The van der Waals surface area contributed by atoms with E-state index < -0.39 is 0 Å². The summed E-state index contributed by atoms with van der Waals surface area (Å²) in [5.41, 5.74) is -0.363. The van der Waals surface area contributed by atoms with E-state index in [-0.39, 0.29) is 17.8 Å². The minimum Gasteiger partial charge on any atom is -0.395 e. The second-order valence-corrected chi connectivity index (χ2v) is 3.56. The third-order valence-corrected chi connectivity index (χ3v) is 2.86. The summed E-state index contributed by atoms with van der Waals surface area (Å²) >= 11 is 0. The van der Waals surface area contributed by atoms with Crippen molar-refractivity contribution in [1.29, 1.82) is 0 Å². The first-order valence-corrected chi connectivity index (χ1v) is 4.33. The molecule has 0 spiro atoms. The van der Waals surface area contributed by atoms with Crippen LogP contribution in [0.15, 0.2) is 0 Å². The van der Waals surface area contributed by atoms with Crippen LogP contribution < -0.4 is 0 Å². The van der Waals surface area contributed by atoms with Crippen LogP contribution in [0.1, 0.15) is 39.0 Å². The molecule has 1 rings (SSSR count). The molecule has 1 aliphatic carbocycles. The van der Waals surface area contributed by atoms with Gasteiger partial charge in [-0.2, -0.15) is 0 Å². The molecule has 0 heterocycles. The van der Waals surface area contributed by atoms with Crippen LogP contribution in [-0.2, 0) is 4.79 Å². The van der Waals surface area contributed by atoms with Crippen LogP contribution in [-0.4, -0.2) is 17.5 Å². The van der Waals surface area contributed by atoms with Gasteiger partial charge in [0.2, 0.25) is 0 Å². The summed E-state index contributed by atoms with van der Waals surface area (Å²) in [7, 11) is 0. The Morgan fingerprint density at radius 1 is 1.36 bits per heavy atom. The number of aliphatic hydroxyl groups excluding tert-OH is 1. The van der Waals surface area contributed by atoms with E-state index in [0.717, 1.165) is 25.7 Å². The van der Waals surface area contributed by atoms with Crippen molar-refractivity contribution in [2.45, 2.75) is 39.0 Å². The second kappa shape index (κ2) is 3.35.